The minimum atomic E-state index is -0.273. The predicted molar refractivity (Wildman–Crippen MR) is 110 cm³/mol. The van der Waals surface area contributed by atoms with Crippen LogP contribution in [-0.2, 0) is 9.53 Å². The van der Waals surface area contributed by atoms with Crippen LogP contribution in [0.2, 0.25) is 0 Å². The van der Waals surface area contributed by atoms with Gasteiger partial charge in [-0.15, -0.1) is 10.2 Å². The standard InChI is InChI=1S/C20H29N7O3/c1-13(2)30-20(29)25-7-4-15(5-8-25)23-19(28)16-11-27(10-14(16)3)17-18-24-22-12-26(18)9-6-21-17/h6,9,12-16H,4-5,7-8,10-11H2,1-3H3,(H,23,28)/t14-,16+/m1/s1. The lowest BCUT2D eigenvalue weighted by molar-refractivity contribution is -0.126. The summed E-state index contributed by atoms with van der Waals surface area (Å²) in [5.74, 6) is 0.922. The molecule has 1 N–H and O–H groups in total. The summed E-state index contributed by atoms with van der Waals surface area (Å²) < 4.78 is 7.09. The molecule has 2 amide bonds. The van der Waals surface area contributed by atoms with Crippen LogP contribution in [0.15, 0.2) is 18.7 Å². The minimum Gasteiger partial charge on any atom is -0.447 e. The molecule has 10 nitrogen and oxygen atoms in total. The third-order valence-corrected chi connectivity index (χ3v) is 5.88. The van der Waals surface area contributed by atoms with Gasteiger partial charge in [0.05, 0.1) is 12.0 Å². The summed E-state index contributed by atoms with van der Waals surface area (Å²) in [6.45, 7) is 8.33. The summed E-state index contributed by atoms with van der Waals surface area (Å²) in [5, 5.41) is 11.3. The van der Waals surface area contributed by atoms with Crippen molar-refractivity contribution in [2.45, 2.75) is 45.8 Å². The van der Waals surface area contributed by atoms with Crippen molar-refractivity contribution in [1.29, 1.82) is 0 Å². The van der Waals surface area contributed by atoms with Gasteiger partial charge < -0.3 is 19.9 Å². The van der Waals surface area contributed by atoms with Crippen LogP contribution in [0, 0.1) is 11.8 Å². The topological polar surface area (TPSA) is 105 Å². The van der Waals surface area contributed by atoms with E-state index in [0.717, 1.165) is 25.2 Å². The number of fused-ring (bicyclic) bond motifs is 1. The number of likely N-dealkylation sites (tertiary alicyclic amines) is 1. The maximum atomic E-state index is 13.0. The molecule has 0 radical (unpaired) electrons. The second-order valence-electron chi connectivity index (χ2n) is 8.50. The van der Waals surface area contributed by atoms with Crippen LogP contribution in [-0.4, -0.2) is 74.8 Å². The number of hydrogen-bond donors (Lipinski definition) is 1. The number of carbonyl (C=O) groups excluding carboxylic acids is 2. The normalized spacial score (nSPS) is 22.7. The average Bonchev–Trinajstić information content (AvgIpc) is 3.34. The third-order valence-electron chi connectivity index (χ3n) is 5.88. The summed E-state index contributed by atoms with van der Waals surface area (Å²) in [7, 11) is 0. The van der Waals surface area contributed by atoms with Gasteiger partial charge in [-0.05, 0) is 32.6 Å². The van der Waals surface area contributed by atoms with E-state index in [0.29, 0.717) is 25.3 Å². The van der Waals surface area contributed by atoms with E-state index in [2.05, 4.69) is 32.3 Å². The van der Waals surface area contributed by atoms with Crippen LogP contribution in [0.25, 0.3) is 5.65 Å². The van der Waals surface area contributed by atoms with Gasteiger partial charge in [0.1, 0.15) is 6.33 Å². The first-order chi connectivity index (χ1) is 14.4. The molecule has 10 heteroatoms. The van der Waals surface area contributed by atoms with Crippen LogP contribution in [0.5, 0.6) is 0 Å². The number of carbonyl (C=O) groups is 2. The van der Waals surface area contributed by atoms with Crippen molar-refractivity contribution in [3.63, 3.8) is 0 Å². The smallest absolute Gasteiger partial charge is 0.410 e. The average molecular weight is 415 g/mol. The van der Waals surface area contributed by atoms with E-state index in [9.17, 15) is 9.59 Å². The summed E-state index contributed by atoms with van der Waals surface area (Å²) in [5.41, 5.74) is 0.700. The SMILES string of the molecule is CC(C)OC(=O)N1CCC(NC(=O)[C@H]2CN(c3nccn4cnnc34)C[C@H]2C)CC1. The molecule has 0 saturated carbocycles. The first-order valence-electron chi connectivity index (χ1n) is 10.6. The maximum absolute atomic E-state index is 13.0. The number of nitrogens with one attached hydrogen (secondary N) is 1. The van der Waals surface area contributed by atoms with Crippen LogP contribution in [0.1, 0.15) is 33.6 Å². The Morgan fingerprint density at radius 1 is 1.23 bits per heavy atom. The Labute approximate surface area is 175 Å². The fraction of sp³-hybridized carbons (Fsp3) is 0.650. The zero-order valence-electron chi connectivity index (χ0n) is 17.7. The van der Waals surface area contributed by atoms with Gasteiger partial charge in [-0.1, -0.05) is 6.92 Å². The van der Waals surface area contributed by atoms with E-state index in [1.165, 1.54) is 0 Å². The molecule has 2 aromatic heterocycles. The molecule has 4 heterocycles. The monoisotopic (exact) mass is 415 g/mol. The van der Waals surface area contributed by atoms with E-state index in [4.69, 9.17) is 4.74 Å². The van der Waals surface area contributed by atoms with Gasteiger partial charge in [0.25, 0.3) is 0 Å². The summed E-state index contributed by atoms with van der Waals surface area (Å²) in [6.07, 6.45) is 6.26. The van der Waals surface area contributed by atoms with E-state index < -0.39 is 0 Å². The molecule has 30 heavy (non-hydrogen) atoms. The molecule has 2 aliphatic rings. The lowest BCUT2D eigenvalue weighted by Crippen LogP contribution is -2.49. The van der Waals surface area contributed by atoms with Crippen molar-refractivity contribution in [2.75, 3.05) is 31.1 Å². The molecule has 4 rings (SSSR count). The van der Waals surface area contributed by atoms with E-state index >= 15 is 0 Å². The molecule has 0 spiro atoms. The Morgan fingerprint density at radius 2 is 2.00 bits per heavy atom. The molecule has 2 aliphatic heterocycles. The van der Waals surface area contributed by atoms with Gasteiger partial charge in [0.15, 0.2) is 5.82 Å². The van der Waals surface area contributed by atoms with Crippen LogP contribution in [0.3, 0.4) is 0 Å². The molecular formula is C20H29N7O3. The first kappa shape index (κ1) is 20.4. The molecule has 0 aliphatic carbocycles. The number of rotatable bonds is 4. The number of amides is 2. The largest absolute Gasteiger partial charge is 0.447 e. The van der Waals surface area contributed by atoms with Crippen molar-refractivity contribution < 1.29 is 14.3 Å². The Bertz CT molecular complexity index is 907. The van der Waals surface area contributed by atoms with Crippen molar-refractivity contribution in [1.82, 2.24) is 29.8 Å². The Kier molecular flexibility index (Phi) is 5.74. The fourth-order valence-corrected chi connectivity index (χ4v) is 4.24. The van der Waals surface area contributed by atoms with Crippen molar-refractivity contribution in [3.8, 4) is 0 Å². The molecule has 2 atom stereocenters. The minimum absolute atomic E-state index is 0.0709. The highest BCUT2D eigenvalue weighted by molar-refractivity contribution is 5.81. The second-order valence-corrected chi connectivity index (χ2v) is 8.50. The van der Waals surface area contributed by atoms with Crippen molar-refractivity contribution in [3.05, 3.63) is 18.7 Å². The highest BCUT2D eigenvalue weighted by atomic mass is 16.6. The second kappa shape index (κ2) is 8.45. The highest BCUT2D eigenvalue weighted by Gasteiger charge is 2.37. The lowest BCUT2D eigenvalue weighted by Gasteiger charge is -2.32. The summed E-state index contributed by atoms with van der Waals surface area (Å²) >= 11 is 0. The maximum Gasteiger partial charge on any atom is 0.410 e. The van der Waals surface area contributed by atoms with Gasteiger partial charge in [-0.3, -0.25) is 9.20 Å². The fourth-order valence-electron chi connectivity index (χ4n) is 4.24. The number of piperidine rings is 1. The zero-order chi connectivity index (χ0) is 21.3. The number of anilines is 1. The quantitative estimate of drug-likeness (QED) is 0.803. The van der Waals surface area contributed by atoms with Gasteiger partial charge in [0, 0.05) is 44.6 Å². The number of ether oxygens (including phenoxy) is 1. The molecule has 2 saturated heterocycles. The molecule has 0 unspecified atom stereocenters. The Balaban J connectivity index is 1.32. The van der Waals surface area contributed by atoms with Gasteiger partial charge in [-0.25, -0.2) is 9.78 Å². The van der Waals surface area contributed by atoms with E-state index in [1.54, 1.807) is 17.4 Å². The molecule has 0 aromatic carbocycles. The van der Waals surface area contributed by atoms with Gasteiger partial charge in [0.2, 0.25) is 11.6 Å². The van der Waals surface area contributed by atoms with E-state index in [1.807, 2.05) is 24.4 Å². The molecule has 2 fully saturated rings. The molecule has 2 aromatic rings. The van der Waals surface area contributed by atoms with Crippen molar-refractivity contribution in [2.24, 2.45) is 11.8 Å². The van der Waals surface area contributed by atoms with Gasteiger partial charge in [-0.2, -0.15) is 0 Å². The van der Waals surface area contributed by atoms with Gasteiger partial charge >= 0.3 is 6.09 Å². The summed E-state index contributed by atoms with van der Waals surface area (Å²) in [6, 6.07) is 0.0832. The highest BCUT2D eigenvalue weighted by Crippen LogP contribution is 2.29. The molecular weight excluding hydrogens is 386 g/mol. The number of aromatic nitrogens is 4. The zero-order valence-corrected chi connectivity index (χ0v) is 17.7. The lowest BCUT2D eigenvalue weighted by atomic mass is 9.96. The first-order valence-corrected chi connectivity index (χ1v) is 10.6. The number of nitrogens with zero attached hydrogens (tertiary/aromatic N) is 6. The van der Waals surface area contributed by atoms with E-state index in [-0.39, 0.29) is 36.0 Å². The summed E-state index contributed by atoms with van der Waals surface area (Å²) in [4.78, 5) is 33.3. The van der Waals surface area contributed by atoms with Crippen LogP contribution < -0.4 is 10.2 Å². The van der Waals surface area contributed by atoms with Crippen LogP contribution >= 0.6 is 0 Å². The predicted octanol–water partition coefficient (Wildman–Crippen LogP) is 1.32. The van der Waals surface area contributed by atoms with Crippen LogP contribution in [0.4, 0.5) is 10.6 Å². The third kappa shape index (κ3) is 4.17. The Morgan fingerprint density at radius 3 is 2.73 bits per heavy atom. The molecule has 0 bridgehead atoms. The van der Waals surface area contributed by atoms with Crippen molar-refractivity contribution >= 4 is 23.5 Å². The number of hydrogen-bond acceptors (Lipinski definition) is 7. The molecule has 162 valence electrons. The Hall–Kier alpha value is -2.91.